The third kappa shape index (κ3) is 3.22. The highest BCUT2D eigenvalue weighted by Crippen LogP contribution is 2.32. The van der Waals surface area contributed by atoms with E-state index in [4.69, 9.17) is 9.47 Å². The summed E-state index contributed by atoms with van der Waals surface area (Å²) in [4.78, 5) is 8.66. The molecule has 0 spiro atoms. The Hall–Kier alpha value is -2.34. The third-order valence-electron chi connectivity index (χ3n) is 3.50. The van der Waals surface area contributed by atoms with Crippen LogP contribution in [0.5, 0.6) is 11.5 Å². The molecule has 5 nitrogen and oxygen atoms in total. The van der Waals surface area contributed by atoms with Crippen molar-refractivity contribution in [2.75, 3.05) is 14.2 Å². The second kappa shape index (κ2) is 6.83. The Balaban J connectivity index is 1.98. The first-order valence-electron chi connectivity index (χ1n) is 7.05. The maximum Gasteiger partial charge on any atom is 0.165 e. The van der Waals surface area contributed by atoms with Gasteiger partial charge in [-0.1, -0.05) is 12.1 Å². The monoisotopic (exact) mass is 373 g/mol. The highest BCUT2D eigenvalue weighted by molar-refractivity contribution is 9.10. The smallest absolute Gasteiger partial charge is 0.165 e. The quantitative estimate of drug-likeness (QED) is 0.682. The van der Waals surface area contributed by atoms with Crippen molar-refractivity contribution >= 4 is 15.9 Å². The van der Waals surface area contributed by atoms with Gasteiger partial charge in [0.2, 0.25) is 0 Å². The van der Waals surface area contributed by atoms with Crippen LogP contribution in [0.25, 0.3) is 11.4 Å². The molecule has 0 aliphatic heterocycles. The highest BCUT2D eigenvalue weighted by Gasteiger charge is 2.13. The number of aromatic nitrogens is 3. The summed E-state index contributed by atoms with van der Waals surface area (Å²) in [5, 5.41) is 0. The normalized spacial score (nSPS) is 10.6. The Morgan fingerprint density at radius 3 is 2.78 bits per heavy atom. The van der Waals surface area contributed by atoms with Crippen LogP contribution in [0.15, 0.2) is 53.5 Å². The minimum Gasteiger partial charge on any atom is -0.493 e. The van der Waals surface area contributed by atoms with E-state index in [1.54, 1.807) is 32.8 Å². The molecule has 2 aromatic heterocycles. The van der Waals surface area contributed by atoms with Gasteiger partial charge in [-0.15, -0.1) is 0 Å². The Morgan fingerprint density at radius 2 is 2.04 bits per heavy atom. The van der Waals surface area contributed by atoms with Gasteiger partial charge in [0.05, 0.1) is 20.8 Å². The van der Waals surface area contributed by atoms with E-state index >= 15 is 0 Å². The zero-order chi connectivity index (χ0) is 16.2. The van der Waals surface area contributed by atoms with Gasteiger partial charge in [-0.3, -0.25) is 4.98 Å². The minimum absolute atomic E-state index is 0.627. The lowest BCUT2D eigenvalue weighted by Gasteiger charge is -2.14. The van der Waals surface area contributed by atoms with Gasteiger partial charge in [0.15, 0.2) is 11.5 Å². The van der Waals surface area contributed by atoms with Crippen LogP contribution < -0.4 is 9.47 Å². The van der Waals surface area contributed by atoms with Crippen molar-refractivity contribution in [1.82, 2.24) is 14.5 Å². The lowest BCUT2D eigenvalue weighted by Crippen LogP contribution is -2.04. The molecule has 1 aromatic carbocycles. The molecule has 0 bridgehead atoms. The van der Waals surface area contributed by atoms with E-state index in [-0.39, 0.29) is 0 Å². The topological polar surface area (TPSA) is 49.2 Å². The molecule has 0 unspecified atom stereocenters. The Morgan fingerprint density at radius 1 is 1.17 bits per heavy atom. The number of halogens is 1. The number of para-hydroxylation sites is 1. The van der Waals surface area contributed by atoms with Crippen LogP contribution in [-0.2, 0) is 6.54 Å². The first kappa shape index (κ1) is 15.6. The number of pyridine rings is 1. The first-order chi connectivity index (χ1) is 11.2. The summed E-state index contributed by atoms with van der Waals surface area (Å²) in [5.74, 6) is 2.31. The predicted octanol–water partition coefficient (Wildman–Crippen LogP) is 3.77. The predicted molar refractivity (Wildman–Crippen MR) is 91.8 cm³/mol. The molecule has 0 aliphatic carbocycles. The zero-order valence-corrected chi connectivity index (χ0v) is 14.4. The average molecular weight is 374 g/mol. The van der Waals surface area contributed by atoms with Crippen molar-refractivity contribution in [2.45, 2.75) is 6.54 Å². The Bertz CT molecular complexity index is 817. The fourth-order valence-electron chi connectivity index (χ4n) is 2.49. The SMILES string of the molecule is COc1cccc(Cn2ccnc2-c2cncc(Br)c2)c1OC. The van der Waals surface area contributed by atoms with Gasteiger partial charge in [-0.25, -0.2) is 4.98 Å². The number of rotatable bonds is 5. The van der Waals surface area contributed by atoms with Gasteiger partial charge in [0.25, 0.3) is 0 Å². The number of benzene rings is 1. The van der Waals surface area contributed by atoms with Crippen LogP contribution >= 0.6 is 15.9 Å². The molecule has 23 heavy (non-hydrogen) atoms. The molecule has 0 saturated heterocycles. The van der Waals surface area contributed by atoms with E-state index in [9.17, 15) is 0 Å². The summed E-state index contributed by atoms with van der Waals surface area (Å²) in [6.07, 6.45) is 7.27. The van der Waals surface area contributed by atoms with Crippen molar-refractivity contribution in [2.24, 2.45) is 0 Å². The number of ether oxygens (including phenoxy) is 2. The van der Waals surface area contributed by atoms with Crippen molar-refractivity contribution in [3.8, 4) is 22.9 Å². The van der Waals surface area contributed by atoms with Crippen molar-refractivity contribution < 1.29 is 9.47 Å². The van der Waals surface area contributed by atoms with Crippen LogP contribution in [0.3, 0.4) is 0 Å². The number of hydrogen-bond acceptors (Lipinski definition) is 4. The molecule has 3 rings (SSSR count). The molecule has 0 radical (unpaired) electrons. The van der Waals surface area contributed by atoms with E-state index in [0.29, 0.717) is 6.54 Å². The maximum absolute atomic E-state index is 5.50. The average Bonchev–Trinajstić information content (AvgIpc) is 3.02. The summed E-state index contributed by atoms with van der Waals surface area (Å²) >= 11 is 3.44. The number of hydrogen-bond donors (Lipinski definition) is 0. The summed E-state index contributed by atoms with van der Waals surface area (Å²) in [7, 11) is 3.28. The van der Waals surface area contributed by atoms with E-state index in [2.05, 4.69) is 30.5 Å². The van der Waals surface area contributed by atoms with Crippen LogP contribution in [0.1, 0.15) is 5.56 Å². The van der Waals surface area contributed by atoms with Crippen molar-refractivity contribution in [1.29, 1.82) is 0 Å². The molecule has 6 heteroatoms. The lowest BCUT2D eigenvalue weighted by molar-refractivity contribution is 0.351. The highest BCUT2D eigenvalue weighted by atomic mass is 79.9. The van der Waals surface area contributed by atoms with E-state index in [1.807, 2.05) is 30.5 Å². The van der Waals surface area contributed by atoms with Gasteiger partial charge >= 0.3 is 0 Å². The van der Waals surface area contributed by atoms with Gasteiger partial charge < -0.3 is 14.0 Å². The standard InChI is InChI=1S/C17H16BrN3O2/c1-22-15-5-3-4-12(16(15)23-2)11-21-7-6-20-17(21)13-8-14(18)10-19-9-13/h3-10H,11H2,1-2H3. The molecule has 0 aliphatic rings. The van der Waals surface area contributed by atoms with E-state index < -0.39 is 0 Å². The largest absolute Gasteiger partial charge is 0.493 e. The van der Waals surface area contributed by atoms with Crippen LogP contribution in [0.4, 0.5) is 0 Å². The molecule has 0 saturated carbocycles. The Labute approximate surface area is 143 Å². The van der Waals surface area contributed by atoms with Crippen LogP contribution in [0, 0.1) is 0 Å². The summed E-state index contributed by atoms with van der Waals surface area (Å²) < 4.78 is 13.8. The Kier molecular flexibility index (Phi) is 4.62. The second-order valence-electron chi connectivity index (χ2n) is 4.92. The fourth-order valence-corrected chi connectivity index (χ4v) is 2.86. The van der Waals surface area contributed by atoms with Crippen molar-refractivity contribution in [3.63, 3.8) is 0 Å². The van der Waals surface area contributed by atoms with E-state index in [0.717, 1.165) is 32.9 Å². The van der Waals surface area contributed by atoms with Gasteiger partial charge in [0, 0.05) is 40.4 Å². The molecule has 2 heterocycles. The molecular weight excluding hydrogens is 358 g/mol. The minimum atomic E-state index is 0.627. The molecule has 0 atom stereocenters. The molecule has 0 amide bonds. The van der Waals surface area contributed by atoms with Gasteiger partial charge in [0.1, 0.15) is 5.82 Å². The van der Waals surface area contributed by atoms with Gasteiger partial charge in [-0.2, -0.15) is 0 Å². The summed E-state index contributed by atoms with van der Waals surface area (Å²) in [6.45, 7) is 0.627. The maximum atomic E-state index is 5.50. The number of nitrogens with zero attached hydrogens (tertiary/aromatic N) is 3. The fraction of sp³-hybridized carbons (Fsp3) is 0.176. The molecule has 0 N–H and O–H groups in total. The first-order valence-corrected chi connectivity index (χ1v) is 7.84. The van der Waals surface area contributed by atoms with E-state index in [1.165, 1.54) is 0 Å². The van der Waals surface area contributed by atoms with Crippen molar-refractivity contribution in [3.05, 3.63) is 59.1 Å². The second-order valence-corrected chi connectivity index (χ2v) is 5.84. The zero-order valence-electron chi connectivity index (χ0n) is 12.9. The lowest BCUT2D eigenvalue weighted by atomic mass is 10.1. The summed E-state index contributed by atoms with van der Waals surface area (Å²) in [5.41, 5.74) is 1.97. The molecule has 118 valence electrons. The molecule has 0 fully saturated rings. The van der Waals surface area contributed by atoms with Gasteiger partial charge in [-0.05, 0) is 28.1 Å². The summed E-state index contributed by atoms with van der Waals surface area (Å²) in [6, 6.07) is 7.85. The van der Waals surface area contributed by atoms with Crippen LogP contribution in [-0.4, -0.2) is 28.8 Å². The molecule has 3 aromatic rings. The number of methoxy groups -OCH3 is 2. The van der Waals surface area contributed by atoms with Crippen LogP contribution in [0.2, 0.25) is 0 Å². The number of imidazole rings is 1. The third-order valence-corrected chi connectivity index (χ3v) is 3.94. The molecular formula is C17H16BrN3O2.